The normalized spacial score (nSPS) is 22.8. The van der Waals surface area contributed by atoms with Gasteiger partial charge in [-0.05, 0) is 176 Å². The van der Waals surface area contributed by atoms with Crippen LogP contribution in [0.5, 0.6) is 0 Å². The van der Waals surface area contributed by atoms with E-state index in [1.165, 1.54) is 12.2 Å². The molecule has 0 saturated carbocycles. The van der Waals surface area contributed by atoms with Crippen LogP contribution < -0.4 is 0 Å². The SMILES string of the molecule is CC(C)(C)CC(C)(C)C1(C(F)(F)F)C=C(c2ccccc2)C(O)C(C)(n2c3ccc(C(C)(C)C)cc3c3cc(C(C)(C)C)ccc32)C1.CC(C)(C)CC(C)(C)C1(C(F)(F)F)C=C(c2ccccc2)C(O)C(C)(n2c3ccc(C(C)(C)C)cc3c3cc(C(C)(C)C)ccc32)C1.[CH3][Hf][CH3]. The van der Waals surface area contributed by atoms with Gasteiger partial charge in [0.05, 0.1) is 21.9 Å². The van der Waals surface area contributed by atoms with Gasteiger partial charge in [0.1, 0.15) is 12.2 Å². The fourth-order valence-electron chi connectivity index (χ4n) is 16.9. The summed E-state index contributed by atoms with van der Waals surface area (Å²) >= 11 is 0.0833. The fraction of sp³-hybridized carbons (Fsp3) is 0.535. The van der Waals surface area contributed by atoms with E-state index in [2.05, 4.69) is 165 Å². The first-order valence-electron chi connectivity index (χ1n) is 34.9. The van der Waals surface area contributed by atoms with Crippen molar-refractivity contribution in [2.45, 2.75) is 259 Å². The van der Waals surface area contributed by atoms with E-state index in [1.54, 1.807) is 27.7 Å². The number of aromatic nitrogens is 2. The Morgan fingerprint density at radius 2 is 0.608 bits per heavy atom. The van der Waals surface area contributed by atoms with Crippen molar-refractivity contribution in [3.63, 3.8) is 0 Å². The molecule has 6 atom stereocenters. The van der Waals surface area contributed by atoms with Crippen LogP contribution in [0.2, 0.25) is 9.36 Å². The standard InChI is InChI=1S/2C42H54F3NO.2CH3.Hf/c2*1-36(2,3)25-39(10,11)41(42(43,44)45)24-32(27-16-14-13-15-17-27)35(47)40(12,26-41)46-33-20-18-28(37(4,5)6)22-30(33)31-23-29(38(7,8)9)19-21-34(31)46;;;/h2*13-24,35,47H,25-26H2,1-12H3;2*1H3;. The molecule has 10 rings (SSSR count). The van der Waals surface area contributed by atoms with Crippen LogP contribution in [0, 0.1) is 32.5 Å². The van der Waals surface area contributed by atoms with Gasteiger partial charge in [0, 0.05) is 43.6 Å². The molecule has 11 heteroatoms. The second-order valence-electron chi connectivity index (χ2n) is 37.1. The van der Waals surface area contributed by atoms with Gasteiger partial charge in [0.25, 0.3) is 0 Å². The number of aliphatic hydroxyl groups is 2. The third-order valence-electron chi connectivity index (χ3n) is 21.4. The average Bonchev–Trinajstić information content (AvgIpc) is 1.69. The van der Waals surface area contributed by atoms with Crippen LogP contribution in [0.4, 0.5) is 26.3 Å². The summed E-state index contributed by atoms with van der Waals surface area (Å²) in [7, 11) is 0. The first kappa shape index (κ1) is 77.5. The van der Waals surface area contributed by atoms with Gasteiger partial charge in [0.2, 0.25) is 0 Å². The van der Waals surface area contributed by atoms with Crippen LogP contribution in [-0.2, 0) is 55.6 Å². The Morgan fingerprint density at radius 1 is 0.381 bits per heavy atom. The Hall–Kier alpha value is -5.23. The summed E-state index contributed by atoms with van der Waals surface area (Å²) in [6, 6.07) is 43.7. The van der Waals surface area contributed by atoms with E-state index in [0.29, 0.717) is 35.1 Å². The number of hydrogen-bond acceptors (Lipinski definition) is 2. The maximum atomic E-state index is 16.1. The molecule has 2 aliphatic carbocycles. The van der Waals surface area contributed by atoms with Crippen LogP contribution in [-0.4, -0.2) is 43.9 Å². The summed E-state index contributed by atoms with van der Waals surface area (Å²) in [5.41, 5.74) is -0.922. The molecule has 0 fully saturated rings. The number of halogens is 6. The summed E-state index contributed by atoms with van der Waals surface area (Å²) in [6.45, 7) is 48.8. The van der Waals surface area contributed by atoms with Gasteiger partial charge < -0.3 is 19.3 Å². The summed E-state index contributed by atoms with van der Waals surface area (Å²) in [5.74, 6) is 0. The quantitative estimate of drug-likeness (QED) is 0.118. The van der Waals surface area contributed by atoms with E-state index in [4.69, 9.17) is 0 Å². The minimum absolute atomic E-state index is 0.0833. The van der Waals surface area contributed by atoms with E-state index in [0.717, 1.165) is 65.9 Å². The summed E-state index contributed by atoms with van der Waals surface area (Å²) in [6.07, 6.45) is -8.68. The first-order valence-corrected chi connectivity index (χ1v) is 42.1. The molecule has 2 N–H and O–H groups in total. The van der Waals surface area contributed by atoms with E-state index in [9.17, 15) is 10.2 Å². The Kier molecular flexibility index (Phi) is 20.8. The van der Waals surface area contributed by atoms with E-state index < -0.39 is 57.3 Å². The Bertz CT molecular complexity index is 3800. The number of rotatable bonds is 8. The monoisotopic (exact) mass is 1500 g/mol. The third-order valence-corrected chi connectivity index (χ3v) is 21.4. The van der Waals surface area contributed by atoms with Gasteiger partial charge in [-0.25, -0.2) is 0 Å². The van der Waals surface area contributed by atoms with Gasteiger partial charge in [-0.15, -0.1) is 0 Å². The van der Waals surface area contributed by atoms with Crippen molar-refractivity contribution in [2.75, 3.05) is 0 Å². The zero-order valence-electron chi connectivity index (χ0n) is 63.4. The van der Waals surface area contributed by atoms with Crippen LogP contribution in [0.15, 0.2) is 146 Å². The maximum absolute atomic E-state index is 16.1. The number of fused-ring (bicyclic) bond motifs is 6. The van der Waals surface area contributed by atoms with E-state index >= 15 is 26.3 Å². The number of nitrogens with zero attached hydrogens (tertiary/aromatic N) is 2. The van der Waals surface area contributed by atoms with Crippen LogP contribution >= 0.6 is 0 Å². The summed E-state index contributed by atoms with van der Waals surface area (Å²) < 4.78 is 106. The molecular weight excluding hydrogens is 1390 g/mol. The van der Waals surface area contributed by atoms with Crippen molar-refractivity contribution >= 4 is 54.8 Å². The van der Waals surface area contributed by atoms with Crippen molar-refractivity contribution in [2.24, 2.45) is 32.5 Å². The summed E-state index contributed by atoms with van der Waals surface area (Å²) in [5, 5.41) is 29.1. The van der Waals surface area contributed by atoms with Crippen LogP contribution in [0.1, 0.15) is 225 Å². The molecule has 6 aromatic carbocycles. The van der Waals surface area contributed by atoms with Crippen molar-refractivity contribution in [1.82, 2.24) is 9.13 Å². The predicted molar refractivity (Wildman–Crippen MR) is 395 cm³/mol. The first-order chi connectivity index (χ1) is 44.1. The zero-order chi connectivity index (χ0) is 73.1. The van der Waals surface area contributed by atoms with Gasteiger partial charge in [-0.1, -0.05) is 249 Å². The molecule has 2 aromatic heterocycles. The second-order valence-corrected chi connectivity index (χ2v) is 40.7. The van der Waals surface area contributed by atoms with Crippen LogP contribution in [0.25, 0.3) is 54.8 Å². The Labute approximate surface area is 589 Å². The van der Waals surface area contributed by atoms with Crippen molar-refractivity contribution in [3.05, 3.63) is 179 Å². The van der Waals surface area contributed by atoms with Gasteiger partial charge in [-0.2, -0.15) is 26.3 Å². The Morgan fingerprint density at radius 3 is 0.804 bits per heavy atom. The van der Waals surface area contributed by atoms with Gasteiger partial charge >= 0.3 is 44.6 Å². The number of aliphatic hydroxyl groups excluding tert-OH is 2. The average molecular weight is 1500 g/mol. The van der Waals surface area contributed by atoms with Gasteiger partial charge in [-0.3, -0.25) is 0 Å². The molecule has 2 aliphatic rings. The van der Waals surface area contributed by atoms with E-state index in [1.807, 2.05) is 125 Å². The molecule has 0 saturated heterocycles. The Balaban J connectivity index is 0.000000238. The predicted octanol–water partition coefficient (Wildman–Crippen LogP) is 25.1. The molecule has 0 radical (unpaired) electrons. The molecule has 4 nitrogen and oxygen atoms in total. The molecule has 0 amide bonds. The third kappa shape index (κ3) is 14.7. The van der Waals surface area contributed by atoms with Crippen molar-refractivity contribution in [1.29, 1.82) is 0 Å². The van der Waals surface area contributed by atoms with Crippen molar-refractivity contribution in [3.8, 4) is 0 Å². The molecule has 8 aromatic rings. The second kappa shape index (κ2) is 26.0. The number of alkyl halides is 6. The summed E-state index contributed by atoms with van der Waals surface area (Å²) in [4.78, 5) is 0. The van der Waals surface area contributed by atoms with E-state index in [-0.39, 0.29) is 68.2 Å². The number of allylic oxidation sites excluding steroid dienone is 2. The number of hydrogen-bond donors (Lipinski definition) is 2. The number of benzene rings is 6. The molecule has 0 aliphatic heterocycles. The molecule has 0 bridgehead atoms. The van der Waals surface area contributed by atoms with Crippen molar-refractivity contribution < 1.29 is 59.5 Å². The molecule has 97 heavy (non-hydrogen) atoms. The molecule has 0 spiro atoms. The molecular formula is C86H114F6HfN2O2. The topological polar surface area (TPSA) is 50.3 Å². The zero-order valence-corrected chi connectivity index (χ0v) is 67.0. The molecule has 526 valence electrons. The molecule has 2 heterocycles. The van der Waals surface area contributed by atoms with Crippen LogP contribution in [0.3, 0.4) is 0 Å². The molecule has 6 unspecified atom stereocenters. The fourth-order valence-corrected chi connectivity index (χ4v) is 16.9. The minimum atomic E-state index is -4.58. The van der Waals surface area contributed by atoms with Gasteiger partial charge in [0.15, 0.2) is 0 Å².